The van der Waals surface area contributed by atoms with Crippen molar-refractivity contribution in [3.8, 4) is 0 Å². The second-order valence-electron chi connectivity index (χ2n) is 6.35. The topological polar surface area (TPSA) is 91.0 Å². The molecule has 2 aromatic heterocycles. The molecule has 1 aromatic carbocycles. The van der Waals surface area contributed by atoms with Crippen LogP contribution in [-0.4, -0.2) is 33.9 Å². The number of H-pyrrole nitrogens is 1. The monoisotopic (exact) mass is 369 g/mol. The molecule has 2 N–H and O–H groups in total. The number of fused-ring (bicyclic) bond motifs is 1. The smallest absolute Gasteiger partial charge is 0.270 e. The highest BCUT2D eigenvalue weighted by Crippen LogP contribution is 2.29. The Hall–Kier alpha value is -2.74. The number of thiazole rings is 1. The molecule has 0 bridgehead atoms. The number of benzene rings is 1. The summed E-state index contributed by atoms with van der Waals surface area (Å²) in [5.41, 5.74) is 1.43. The maximum absolute atomic E-state index is 12.4. The lowest BCUT2D eigenvalue weighted by molar-refractivity contribution is -0.125. The fourth-order valence-electron chi connectivity index (χ4n) is 3.15. The summed E-state index contributed by atoms with van der Waals surface area (Å²) in [6.45, 7) is 2.06. The van der Waals surface area contributed by atoms with E-state index in [9.17, 15) is 9.59 Å². The number of nitrogens with one attached hydrogen (secondary N) is 2. The molecule has 0 aliphatic carbocycles. The Balaban J connectivity index is 1.35. The molecule has 1 saturated heterocycles. The van der Waals surface area contributed by atoms with E-state index in [1.54, 1.807) is 0 Å². The minimum Gasteiger partial charge on any atom is -0.352 e. The highest BCUT2D eigenvalue weighted by atomic mass is 32.1. The van der Waals surface area contributed by atoms with Gasteiger partial charge in [0.1, 0.15) is 4.70 Å². The molecule has 1 aliphatic heterocycles. The summed E-state index contributed by atoms with van der Waals surface area (Å²) in [6, 6.07) is 9.92. The van der Waals surface area contributed by atoms with Crippen LogP contribution in [0.3, 0.4) is 0 Å². The van der Waals surface area contributed by atoms with Crippen LogP contribution >= 0.6 is 11.3 Å². The normalized spacial score (nSPS) is 15.3. The Labute approximate surface area is 154 Å². The number of aromatic amines is 1. The second-order valence-corrected chi connectivity index (χ2v) is 7.32. The molecule has 1 aliphatic rings. The molecule has 1 amide bonds. The Bertz CT molecular complexity index is 960. The fraction of sp³-hybridized carbons (Fsp3) is 0.333. The lowest BCUT2D eigenvalue weighted by Crippen LogP contribution is -2.40. The molecular weight excluding hydrogens is 350 g/mol. The highest BCUT2D eigenvalue weighted by molar-refractivity contribution is 7.22. The molecule has 0 unspecified atom stereocenters. The highest BCUT2D eigenvalue weighted by Gasteiger charge is 2.26. The van der Waals surface area contributed by atoms with Crippen molar-refractivity contribution in [3.63, 3.8) is 0 Å². The van der Waals surface area contributed by atoms with E-state index in [1.165, 1.54) is 17.7 Å². The molecule has 4 rings (SSSR count). The fourth-order valence-corrected chi connectivity index (χ4v) is 4.12. The lowest BCUT2D eigenvalue weighted by Gasteiger charge is -2.30. The van der Waals surface area contributed by atoms with Gasteiger partial charge in [0, 0.05) is 25.6 Å². The van der Waals surface area contributed by atoms with Crippen LogP contribution in [-0.2, 0) is 11.3 Å². The van der Waals surface area contributed by atoms with Gasteiger partial charge in [0.15, 0.2) is 10.8 Å². The van der Waals surface area contributed by atoms with E-state index in [2.05, 4.69) is 25.2 Å². The molecule has 0 radical (unpaired) electrons. The third-order valence-electron chi connectivity index (χ3n) is 4.63. The summed E-state index contributed by atoms with van der Waals surface area (Å²) in [7, 11) is 0. The van der Waals surface area contributed by atoms with E-state index in [0.717, 1.165) is 36.6 Å². The number of amides is 1. The molecule has 3 aromatic rings. The maximum atomic E-state index is 12.4. The average Bonchev–Trinajstić information content (AvgIpc) is 3.13. The van der Waals surface area contributed by atoms with Crippen LogP contribution in [0.1, 0.15) is 18.4 Å². The van der Waals surface area contributed by atoms with Gasteiger partial charge in [0.2, 0.25) is 5.91 Å². The zero-order chi connectivity index (χ0) is 17.9. The van der Waals surface area contributed by atoms with Crippen LogP contribution in [0.2, 0.25) is 0 Å². The van der Waals surface area contributed by atoms with Gasteiger partial charge in [-0.1, -0.05) is 41.7 Å². The van der Waals surface area contributed by atoms with Crippen molar-refractivity contribution in [2.45, 2.75) is 19.4 Å². The molecule has 0 spiro atoms. The van der Waals surface area contributed by atoms with Gasteiger partial charge in [0.05, 0.1) is 6.33 Å². The van der Waals surface area contributed by atoms with Gasteiger partial charge in [-0.15, -0.1) is 0 Å². The van der Waals surface area contributed by atoms with Crippen LogP contribution < -0.4 is 15.8 Å². The molecule has 1 fully saturated rings. The number of aromatic nitrogens is 3. The van der Waals surface area contributed by atoms with Crippen molar-refractivity contribution in [2.75, 3.05) is 18.0 Å². The predicted octanol–water partition coefficient (Wildman–Crippen LogP) is 1.91. The van der Waals surface area contributed by atoms with E-state index in [0.29, 0.717) is 16.9 Å². The summed E-state index contributed by atoms with van der Waals surface area (Å²) < 4.78 is 0.547. The van der Waals surface area contributed by atoms with Crippen molar-refractivity contribution < 1.29 is 4.79 Å². The van der Waals surface area contributed by atoms with Gasteiger partial charge in [-0.25, -0.2) is 4.98 Å². The first-order valence-electron chi connectivity index (χ1n) is 8.61. The van der Waals surface area contributed by atoms with E-state index in [1.807, 2.05) is 30.3 Å². The zero-order valence-electron chi connectivity index (χ0n) is 14.1. The van der Waals surface area contributed by atoms with Crippen LogP contribution in [0.25, 0.3) is 10.3 Å². The summed E-state index contributed by atoms with van der Waals surface area (Å²) in [6.07, 6.45) is 2.93. The molecule has 8 heteroatoms. The molecular formula is C18H19N5O2S. The largest absolute Gasteiger partial charge is 0.352 e. The van der Waals surface area contributed by atoms with Crippen molar-refractivity contribution in [3.05, 3.63) is 52.6 Å². The summed E-state index contributed by atoms with van der Waals surface area (Å²) in [5.74, 6) is 0.127. The number of hydrogen-bond acceptors (Lipinski definition) is 6. The standard InChI is InChI=1S/C18H19N5O2S/c24-16(19-10-12-4-2-1-3-5-12)13-6-8-23(9-7-13)18-22-15-14(26-18)17(25)21-11-20-15/h1-5,11,13H,6-10H2,(H,19,24)(H,20,21,25). The van der Waals surface area contributed by atoms with Gasteiger partial charge in [-0.05, 0) is 18.4 Å². The molecule has 0 saturated carbocycles. The SMILES string of the molecule is O=C(NCc1ccccc1)C1CCN(c2nc3nc[nH]c(=O)c3s2)CC1. The number of piperidine rings is 1. The second kappa shape index (κ2) is 7.25. The van der Waals surface area contributed by atoms with Crippen molar-refractivity contribution >= 4 is 32.7 Å². The maximum Gasteiger partial charge on any atom is 0.270 e. The van der Waals surface area contributed by atoms with Gasteiger partial charge in [-0.2, -0.15) is 4.98 Å². The van der Waals surface area contributed by atoms with Gasteiger partial charge >= 0.3 is 0 Å². The Morgan fingerprint density at radius 3 is 2.77 bits per heavy atom. The van der Waals surface area contributed by atoms with E-state index in [4.69, 9.17) is 0 Å². The number of hydrogen-bond donors (Lipinski definition) is 2. The van der Waals surface area contributed by atoms with Crippen molar-refractivity contribution in [1.29, 1.82) is 0 Å². The first kappa shape index (κ1) is 16.7. The molecule has 0 atom stereocenters. The Morgan fingerprint density at radius 2 is 2.04 bits per heavy atom. The van der Waals surface area contributed by atoms with Crippen LogP contribution in [0.4, 0.5) is 5.13 Å². The van der Waals surface area contributed by atoms with Crippen LogP contribution in [0.5, 0.6) is 0 Å². The van der Waals surface area contributed by atoms with Crippen LogP contribution in [0.15, 0.2) is 41.5 Å². The van der Waals surface area contributed by atoms with Crippen LogP contribution in [0, 0.1) is 5.92 Å². The van der Waals surface area contributed by atoms with E-state index < -0.39 is 0 Å². The number of rotatable bonds is 4. The third kappa shape index (κ3) is 3.45. The average molecular weight is 369 g/mol. The number of anilines is 1. The molecule has 7 nitrogen and oxygen atoms in total. The molecule has 26 heavy (non-hydrogen) atoms. The van der Waals surface area contributed by atoms with E-state index >= 15 is 0 Å². The van der Waals surface area contributed by atoms with Gasteiger partial charge < -0.3 is 15.2 Å². The molecule has 134 valence electrons. The summed E-state index contributed by atoms with van der Waals surface area (Å²) in [5, 5.41) is 3.82. The quantitative estimate of drug-likeness (QED) is 0.733. The predicted molar refractivity (Wildman–Crippen MR) is 101 cm³/mol. The van der Waals surface area contributed by atoms with E-state index in [-0.39, 0.29) is 17.4 Å². The lowest BCUT2D eigenvalue weighted by atomic mass is 9.96. The minimum absolute atomic E-state index is 0.0193. The Kier molecular flexibility index (Phi) is 4.66. The Morgan fingerprint density at radius 1 is 1.27 bits per heavy atom. The van der Waals surface area contributed by atoms with Crippen molar-refractivity contribution in [2.24, 2.45) is 5.92 Å². The first-order chi connectivity index (χ1) is 12.7. The van der Waals surface area contributed by atoms with Gasteiger partial charge in [-0.3, -0.25) is 9.59 Å². The summed E-state index contributed by atoms with van der Waals surface area (Å²) >= 11 is 1.36. The van der Waals surface area contributed by atoms with Gasteiger partial charge in [0.25, 0.3) is 5.56 Å². The first-order valence-corrected chi connectivity index (χ1v) is 9.43. The molecule has 3 heterocycles. The van der Waals surface area contributed by atoms with Crippen molar-refractivity contribution in [1.82, 2.24) is 20.3 Å². The zero-order valence-corrected chi connectivity index (χ0v) is 15.0. The number of nitrogens with zero attached hydrogens (tertiary/aromatic N) is 3. The number of carbonyl (C=O) groups is 1. The summed E-state index contributed by atoms with van der Waals surface area (Å²) in [4.78, 5) is 37.5. The number of carbonyl (C=O) groups excluding carboxylic acids is 1. The third-order valence-corrected chi connectivity index (χ3v) is 5.74. The minimum atomic E-state index is -0.158.